The van der Waals surface area contributed by atoms with Crippen LogP contribution >= 0.6 is 0 Å². The van der Waals surface area contributed by atoms with Gasteiger partial charge in [-0.3, -0.25) is 9.98 Å². The van der Waals surface area contributed by atoms with E-state index in [4.69, 9.17) is 0 Å². The van der Waals surface area contributed by atoms with E-state index in [2.05, 4.69) is 54.4 Å². The second-order valence-corrected chi connectivity index (χ2v) is 7.92. The predicted octanol–water partition coefficient (Wildman–Crippen LogP) is 4.96. The van der Waals surface area contributed by atoms with Crippen molar-refractivity contribution < 1.29 is 10.2 Å². The van der Waals surface area contributed by atoms with Gasteiger partial charge in [-0.1, -0.05) is 6.92 Å². The number of phenols is 2. The van der Waals surface area contributed by atoms with Gasteiger partial charge in [0.05, 0.1) is 0 Å². The number of anilines is 2. The molecule has 0 unspecified atom stereocenters. The highest BCUT2D eigenvalue weighted by Crippen LogP contribution is 2.24. The molecular formula is C26H38N4O2. The molecule has 0 amide bonds. The van der Waals surface area contributed by atoms with Crippen LogP contribution in [-0.4, -0.2) is 61.9 Å². The van der Waals surface area contributed by atoms with Gasteiger partial charge in [0.1, 0.15) is 11.5 Å². The molecule has 0 aromatic heterocycles. The summed E-state index contributed by atoms with van der Waals surface area (Å²) >= 11 is 0. The van der Waals surface area contributed by atoms with E-state index in [9.17, 15) is 10.2 Å². The lowest BCUT2D eigenvalue weighted by Gasteiger charge is -2.21. The van der Waals surface area contributed by atoms with E-state index in [0.29, 0.717) is 13.1 Å². The van der Waals surface area contributed by atoms with Gasteiger partial charge in [0.25, 0.3) is 0 Å². The van der Waals surface area contributed by atoms with E-state index in [1.165, 1.54) is 0 Å². The van der Waals surface area contributed by atoms with Crippen molar-refractivity contribution >= 4 is 23.8 Å². The summed E-state index contributed by atoms with van der Waals surface area (Å²) in [5.41, 5.74) is 3.46. The van der Waals surface area contributed by atoms with Gasteiger partial charge in [-0.2, -0.15) is 0 Å². The molecule has 32 heavy (non-hydrogen) atoms. The molecule has 0 atom stereocenters. The van der Waals surface area contributed by atoms with Gasteiger partial charge in [0.2, 0.25) is 0 Å². The molecule has 2 N–H and O–H groups in total. The lowest BCUT2D eigenvalue weighted by molar-refractivity contribution is 0.474. The van der Waals surface area contributed by atoms with Crippen LogP contribution in [0.4, 0.5) is 11.4 Å². The van der Waals surface area contributed by atoms with Crippen LogP contribution in [0.3, 0.4) is 0 Å². The molecule has 0 saturated heterocycles. The Morgan fingerprint density at radius 2 is 1.09 bits per heavy atom. The number of aromatic hydroxyl groups is 2. The van der Waals surface area contributed by atoms with Crippen molar-refractivity contribution in [3.05, 3.63) is 47.5 Å². The molecule has 0 radical (unpaired) electrons. The average molecular weight is 439 g/mol. The Kier molecular flexibility index (Phi) is 10.1. The van der Waals surface area contributed by atoms with Gasteiger partial charge in [-0.15, -0.1) is 0 Å². The highest BCUT2D eigenvalue weighted by molar-refractivity contribution is 5.85. The fraction of sp³-hybridized carbons (Fsp3) is 0.462. The predicted molar refractivity (Wildman–Crippen MR) is 137 cm³/mol. The Bertz CT molecular complexity index is 829. The number of nitrogens with zero attached hydrogens (tertiary/aromatic N) is 4. The fourth-order valence-corrected chi connectivity index (χ4v) is 3.57. The first kappa shape index (κ1) is 25.2. The lowest BCUT2D eigenvalue weighted by Crippen LogP contribution is -2.21. The molecule has 6 heteroatoms. The molecule has 0 aliphatic carbocycles. The summed E-state index contributed by atoms with van der Waals surface area (Å²) in [5, 5.41) is 20.6. The third-order valence-corrected chi connectivity index (χ3v) is 5.58. The zero-order chi connectivity index (χ0) is 23.5. The van der Waals surface area contributed by atoms with Crippen molar-refractivity contribution in [3.8, 4) is 11.5 Å². The van der Waals surface area contributed by atoms with Crippen molar-refractivity contribution in [2.24, 2.45) is 15.9 Å². The summed E-state index contributed by atoms with van der Waals surface area (Å²) in [4.78, 5) is 13.3. The molecule has 0 saturated carbocycles. The molecule has 0 fully saturated rings. The zero-order valence-corrected chi connectivity index (χ0v) is 20.1. The molecule has 2 aromatic carbocycles. The third kappa shape index (κ3) is 7.01. The van der Waals surface area contributed by atoms with E-state index in [0.717, 1.165) is 48.7 Å². The number of hydrogen-bond acceptors (Lipinski definition) is 6. The second-order valence-electron chi connectivity index (χ2n) is 7.92. The van der Waals surface area contributed by atoms with Gasteiger partial charge < -0.3 is 20.0 Å². The first-order chi connectivity index (χ1) is 15.4. The van der Waals surface area contributed by atoms with E-state index in [-0.39, 0.29) is 17.4 Å². The van der Waals surface area contributed by atoms with Gasteiger partial charge in [-0.05, 0) is 57.9 Å². The molecule has 0 aliphatic rings. The van der Waals surface area contributed by atoms with Crippen LogP contribution in [0.5, 0.6) is 11.5 Å². The van der Waals surface area contributed by atoms with E-state index < -0.39 is 0 Å². The highest BCUT2D eigenvalue weighted by Gasteiger charge is 2.07. The van der Waals surface area contributed by atoms with Crippen LogP contribution in [0.2, 0.25) is 0 Å². The average Bonchev–Trinajstić information content (AvgIpc) is 2.78. The first-order valence-corrected chi connectivity index (χ1v) is 11.6. The maximum absolute atomic E-state index is 10.3. The molecule has 0 spiro atoms. The van der Waals surface area contributed by atoms with Crippen LogP contribution in [0.1, 0.15) is 45.7 Å². The topological polar surface area (TPSA) is 71.7 Å². The Morgan fingerprint density at radius 3 is 1.41 bits per heavy atom. The standard InChI is InChI=1S/C26H38N4O2/c1-6-29(7-2)23-12-10-21(25(31)14-23)18-27-16-20(5)17-28-19-22-11-13-24(15-26(22)32)30(8-3)9-4/h10-15,18-20,31-32H,6-9,16-17H2,1-5H3. The molecule has 2 aromatic rings. The minimum Gasteiger partial charge on any atom is -0.507 e. The van der Waals surface area contributed by atoms with Crippen molar-refractivity contribution in [1.82, 2.24) is 0 Å². The maximum atomic E-state index is 10.3. The lowest BCUT2D eigenvalue weighted by atomic mass is 10.1. The fourth-order valence-electron chi connectivity index (χ4n) is 3.57. The van der Waals surface area contributed by atoms with Crippen LogP contribution in [-0.2, 0) is 0 Å². The summed E-state index contributed by atoms with van der Waals surface area (Å²) in [6.45, 7) is 15.3. The Hall–Kier alpha value is -3.02. The summed E-state index contributed by atoms with van der Waals surface area (Å²) in [5.74, 6) is 0.733. The van der Waals surface area contributed by atoms with Crippen LogP contribution in [0.25, 0.3) is 0 Å². The highest BCUT2D eigenvalue weighted by atomic mass is 16.3. The van der Waals surface area contributed by atoms with Crippen molar-refractivity contribution in [1.29, 1.82) is 0 Å². The monoisotopic (exact) mass is 438 g/mol. The second kappa shape index (κ2) is 12.7. The Balaban J connectivity index is 1.90. The minimum absolute atomic E-state index is 0.243. The smallest absolute Gasteiger partial charge is 0.126 e. The summed E-state index contributed by atoms with van der Waals surface area (Å²) < 4.78 is 0. The SMILES string of the molecule is CCN(CC)c1ccc(C=NCC(C)CN=Cc2ccc(N(CC)CC)cc2O)c(O)c1. The van der Waals surface area contributed by atoms with Gasteiger partial charge in [0, 0.05) is 86.3 Å². The molecule has 0 heterocycles. The Labute approximate surface area is 192 Å². The van der Waals surface area contributed by atoms with Crippen molar-refractivity contribution in [2.45, 2.75) is 34.6 Å². The van der Waals surface area contributed by atoms with Gasteiger partial charge in [-0.25, -0.2) is 0 Å². The Morgan fingerprint density at radius 1 is 0.719 bits per heavy atom. The first-order valence-electron chi connectivity index (χ1n) is 11.6. The molecule has 174 valence electrons. The molecule has 6 nitrogen and oxygen atoms in total. The molecule has 0 aliphatic heterocycles. The largest absolute Gasteiger partial charge is 0.507 e. The number of hydrogen-bond donors (Lipinski definition) is 2. The number of phenolic OH excluding ortho intramolecular Hbond substituents is 2. The van der Waals surface area contributed by atoms with E-state index >= 15 is 0 Å². The number of aliphatic imine (C=N–C) groups is 2. The quantitative estimate of drug-likeness (QED) is 0.459. The minimum atomic E-state index is 0.243. The number of benzene rings is 2. The van der Waals surface area contributed by atoms with Crippen LogP contribution in [0.15, 0.2) is 46.4 Å². The maximum Gasteiger partial charge on any atom is 0.126 e. The molecule has 0 bridgehead atoms. The number of rotatable bonds is 12. The van der Waals surface area contributed by atoms with Gasteiger partial charge in [0.15, 0.2) is 0 Å². The summed E-state index contributed by atoms with van der Waals surface area (Å²) in [7, 11) is 0. The van der Waals surface area contributed by atoms with Crippen molar-refractivity contribution in [3.63, 3.8) is 0 Å². The van der Waals surface area contributed by atoms with Gasteiger partial charge >= 0.3 is 0 Å². The summed E-state index contributed by atoms with van der Waals surface area (Å²) in [6, 6.07) is 11.4. The third-order valence-electron chi connectivity index (χ3n) is 5.58. The zero-order valence-electron chi connectivity index (χ0n) is 20.1. The van der Waals surface area contributed by atoms with Crippen LogP contribution < -0.4 is 9.80 Å². The normalized spacial score (nSPS) is 12.5. The van der Waals surface area contributed by atoms with E-state index in [1.54, 1.807) is 24.6 Å². The van der Waals surface area contributed by atoms with Crippen LogP contribution in [0, 0.1) is 5.92 Å². The van der Waals surface area contributed by atoms with Crippen molar-refractivity contribution in [2.75, 3.05) is 49.1 Å². The van der Waals surface area contributed by atoms with E-state index in [1.807, 2.05) is 24.3 Å². The molecule has 2 rings (SSSR count). The summed E-state index contributed by atoms with van der Waals surface area (Å²) in [6.07, 6.45) is 3.44. The molecular weight excluding hydrogens is 400 g/mol.